The summed E-state index contributed by atoms with van der Waals surface area (Å²) in [6.45, 7) is 4.19. The van der Waals surface area contributed by atoms with Gasteiger partial charge in [-0.1, -0.05) is 26.0 Å². The number of hydrogen-bond acceptors (Lipinski definition) is 3. The van der Waals surface area contributed by atoms with Crippen LogP contribution in [0.4, 0.5) is 5.69 Å². The van der Waals surface area contributed by atoms with Gasteiger partial charge in [0.1, 0.15) is 6.04 Å². The summed E-state index contributed by atoms with van der Waals surface area (Å²) in [7, 11) is 2.06. The Balaban J connectivity index is 1.43. The maximum Gasteiger partial charge on any atom is 0.243 e. The van der Waals surface area contributed by atoms with Gasteiger partial charge in [-0.3, -0.25) is 4.79 Å². The number of benzene rings is 1. The molecule has 4 nitrogen and oxygen atoms in total. The van der Waals surface area contributed by atoms with Crippen LogP contribution in [0.3, 0.4) is 0 Å². The summed E-state index contributed by atoms with van der Waals surface area (Å²) < 4.78 is 0. The van der Waals surface area contributed by atoms with Crippen molar-refractivity contribution in [2.75, 3.05) is 18.6 Å². The molecule has 1 amide bonds. The van der Waals surface area contributed by atoms with E-state index in [4.69, 9.17) is 0 Å². The average Bonchev–Trinajstić information content (AvgIpc) is 2.69. The van der Waals surface area contributed by atoms with Gasteiger partial charge in [0.25, 0.3) is 0 Å². The first-order chi connectivity index (χ1) is 14.4. The van der Waals surface area contributed by atoms with Crippen molar-refractivity contribution in [2.24, 2.45) is 35.5 Å². The van der Waals surface area contributed by atoms with Crippen LogP contribution in [-0.2, 0) is 17.6 Å². The van der Waals surface area contributed by atoms with Gasteiger partial charge in [0.15, 0.2) is 0 Å². The number of anilines is 1. The Labute approximate surface area is 181 Å². The zero-order chi connectivity index (χ0) is 21.0. The van der Waals surface area contributed by atoms with E-state index in [1.165, 1.54) is 55.3 Å². The number of nitrogens with one attached hydrogen (secondary N) is 1. The van der Waals surface area contributed by atoms with E-state index in [-0.39, 0.29) is 30.5 Å². The summed E-state index contributed by atoms with van der Waals surface area (Å²) in [5.41, 5.74) is 3.85. The Morgan fingerprint density at radius 3 is 2.37 bits per heavy atom. The predicted molar refractivity (Wildman–Crippen MR) is 120 cm³/mol. The summed E-state index contributed by atoms with van der Waals surface area (Å²) in [5.74, 6) is 5.00. The van der Waals surface area contributed by atoms with Gasteiger partial charge in [0, 0.05) is 12.7 Å². The summed E-state index contributed by atoms with van der Waals surface area (Å²) in [5, 5.41) is 12.9. The smallest absolute Gasteiger partial charge is 0.243 e. The number of hydrogen-bond donors (Lipinski definition) is 2. The van der Waals surface area contributed by atoms with Crippen molar-refractivity contribution in [3.63, 3.8) is 0 Å². The third-order valence-electron chi connectivity index (χ3n) is 8.77. The molecule has 6 rings (SSSR count). The van der Waals surface area contributed by atoms with Crippen LogP contribution in [0, 0.1) is 35.5 Å². The number of likely N-dealkylation sites (N-methyl/N-ethyl adjacent to an activating group) is 1. The largest absolute Gasteiger partial charge is 0.394 e. The Kier molecular flexibility index (Phi) is 5.33. The number of amides is 1. The molecule has 1 aliphatic heterocycles. The topological polar surface area (TPSA) is 52.6 Å². The first kappa shape index (κ1) is 20.4. The molecule has 0 saturated heterocycles. The SMILES string of the molecule is CC(C)[C@H]1C(=O)N[C@H](CO)Cc2ccc(CC3C4CC5CC(C4)CC3C5)cc2N1C. The lowest BCUT2D eigenvalue weighted by Crippen LogP contribution is -2.54. The minimum absolute atomic E-state index is 0.0186. The third-order valence-corrected chi connectivity index (χ3v) is 8.77. The van der Waals surface area contributed by atoms with E-state index in [2.05, 4.69) is 49.3 Å². The molecule has 1 heterocycles. The molecule has 1 aromatic rings. The van der Waals surface area contributed by atoms with Crippen LogP contribution in [0.15, 0.2) is 18.2 Å². The second-order valence-corrected chi connectivity index (χ2v) is 11.2. The molecule has 164 valence electrons. The maximum absolute atomic E-state index is 12.9. The van der Waals surface area contributed by atoms with Gasteiger partial charge in [0.2, 0.25) is 5.91 Å². The minimum Gasteiger partial charge on any atom is -0.394 e. The predicted octanol–water partition coefficient (Wildman–Crippen LogP) is 3.80. The second kappa shape index (κ2) is 7.85. The fraction of sp³-hybridized carbons (Fsp3) is 0.731. The van der Waals surface area contributed by atoms with Gasteiger partial charge in [-0.2, -0.15) is 0 Å². The van der Waals surface area contributed by atoms with Crippen LogP contribution < -0.4 is 10.2 Å². The van der Waals surface area contributed by atoms with E-state index in [1.54, 1.807) is 0 Å². The highest BCUT2D eigenvalue weighted by atomic mass is 16.3. The Morgan fingerprint density at radius 2 is 1.77 bits per heavy atom. The fourth-order valence-electron chi connectivity index (χ4n) is 7.67. The number of aliphatic hydroxyl groups is 1. The summed E-state index contributed by atoms with van der Waals surface area (Å²) in [4.78, 5) is 15.1. The molecule has 5 aliphatic rings. The molecular formula is C26H38N2O2. The molecule has 0 spiro atoms. The highest BCUT2D eigenvalue weighted by Crippen LogP contribution is 2.57. The zero-order valence-electron chi connectivity index (χ0n) is 18.8. The monoisotopic (exact) mass is 410 g/mol. The Bertz CT molecular complexity index is 776. The lowest BCUT2D eigenvalue weighted by molar-refractivity contribution is -0.124. The van der Waals surface area contributed by atoms with Crippen molar-refractivity contribution < 1.29 is 9.90 Å². The van der Waals surface area contributed by atoms with Crippen molar-refractivity contribution in [3.8, 4) is 0 Å². The van der Waals surface area contributed by atoms with E-state index >= 15 is 0 Å². The first-order valence-corrected chi connectivity index (χ1v) is 12.2. The van der Waals surface area contributed by atoms with Gasteiger partial charge in [-0.05, 0) is 97.6 Å². The number of carbonyl (C=O) groups excluding carboxylic acids is 1. The lowest BCUT2D eigenvalue weighted by Gasteiger charge is -2.54. The molecule has 30 heavy (non-hydrogen) atoms. The van der Waals surface area contributed by atoms with E-state index in [0.29, 0.717) is 6.42 Å². The maximum atomic E-state index is 12.9. The molecule has 4 saturated carbocycles. The molecule has 0 unspecified atom stereocenters. The third kappa shape index (κ3) is 3.55. The highest BCUT2D eigenvalue weighted by Gasteiger charge is 2.47. The highest BCUT2D eigenvalue weighted by molar-refractivity contribution is 5.86. The van der Waals surface area contributed by atoms with Crippen molar-refractivity contribution in [3.05, 3.63) is 29.3 Å². The van der Waals surface area contributed by atoms with E-state index in [0.717, 1.165) is 29.6 Å². The molecule has 4 heteroatoms. The van der Waals surface area contributed by atoms with Crippen LogP contribution in [0.2, 0.25) is 0 Å². The number of nitrogens with zero attached hydrogens (tertiary/aromatic N) is 1. The molecule has 0 radical (unpaired) electrons. The van der Waals surface area contributed by atoms with Crippen molar-refractivity contribution in [1.29, 1.82) is 0 Å². The van der Waals surface area contributed by atoms with Crippen LogP contribution in [-0.4, -0.2) is 36.8 Å². The number of carbonyl (C=O) groups is 1. The van der Waals surface area contributed by atoms with Crippen LogP contribution in [0.5, 0.6) is 0 Å². The van der Waals surface area contributed by atoms with Crippen LogP contribution >= 0.6 is 0 Å². The van der Waals surface area contributed by atoms with E-state index in [9.17, 15) is 9.90 Å². The van der Waals surface area contributed by atoms with Gasteiger partial charge in [0.05, 0.1) is 12.6 Å². The molecule has 4 bridgehead atoms. The summed E-state index contributed by atoms with van der Waals surface area (Å²) in [6.07, 6.45) is 9.26. The molecule has 4 fully saturated rings. The van der Waals surface area contributed by atoms with E-state index in [1.807, 2.05) is 0 Å². The Hall–Kier alpha value is -1.55. The van der Waals surface area contributed by atoms with Gasteiger partial charge < -0.3 is 15.3 Å². The minimum atomic E-state index is -0.213. The number of aliphatic hydroxyl groups excluding tert-OH is 1. The zero-order valence-corrected chi connectivity index (χ0v) is 18.8. The van der Waals surface area contributed by atoms with E-state index < -0.39 is 0 Å². The van der Waals surface area contributed by atoms with Gasteiger partial charge >= 0.3 is 0 Å². The second-order valence-electron chi connectivity index (χ2n) is 11.2. The summed E-state index contributed by atoms with van der Waals surface area (Å²) in [6, 6.07) is 6.52. The fourth-order valence-corrected chi connectivity index (χ4v) is 7.67. The Morgan fingerprint density at radius 1 is 1.10 bits per heavy atom. The van der Waals surface area contributed by atoms with Crippen molar-refractivity contribution >= 4 is 11.6 Å². The molecule has 0 aromatic heterocycles. The molecule has 4 aliphatic carbocycles. The lowest BCUT2D eigenvalue weighted by atomic mass is 9.51. The number of fused-ring (bicyclic) bond motifs is 1. The molecule has 2 atom stereocenters. The first-order valence-electron chi connectivity index (χ1n) is 12.2. The van der Waals surface area contributed by atoms with Gasteiger partial charge in [-0.15, -0.1) is 0 Å². The van der Waals surface area contributed by atoms with Crippen LogP contribution in [0.25, 0.3) is 0 Å². The molecule has 1 aromatic carbocycles. The summed E-state index contributed by atoms with van der Waals surface area (Å²) >= 11 is 0. The standard InChI is InChI=1S/C26H38N2O2/c1-15(2)25-26(30)27-22(14-29)13-19-5-4-16(12-24(19)28(25)3)11-23-20-7-17-6-18(9-20)10-21(23)8-17/h4-5,12,15,17-18,20-23,25,29H,6-11,13-14H2,1-3H3,(H,27,30)/t17?,18?,20?,21?,22-,23?,25-/m0/s1. The van der Waals surface area contributed by atoms with Crippen LogP contribution in [0.1, 0.15) is 57.1 Å². The average molecular weight is 411 g/mol. The van der Waals surface area contributed by atoms with Crippen molar-refractivity contribution in [1.82, 2.24) is 5.32 Å². The van der Waals surface area contributed by atoms with Crippen molar-refractivity contribution in [2.45, 2.75) is 70.9 Å². The quantitative estimate of drug-likeness (QED) is 0.794. The normalized spacial score (nSPS) is 37.7. The molecule has 2 N–H and O–H groups in total. The number of rotatable bonds is 4. The molecular weight excluding hydrogens is 372 g/mol. The van der Waals surface area contributed by atoms with Gasteiger partial charge in [-0.25, -0.2) is 0 Å².